The molecule has 2 saturated heterocycles. The third-order valence-electron chi connectivity index (χ3n) is 6.07. The van der Waals surface area contributed by atoms with Crippen LogP contribution in [-0.2, 0) is 4.74 Å². The van der Waals surface area contributed by atoms with Crippen molar-refractivity contribution < 1.29 is 14.3 Å². The molecule has 3 fully saturated rings. The molecule has 2 aliphatic heterocycles. The van der Waals surface area contributed by atoms with E-state index in [1.54, 1.807) is 0 Å². The Morgan fingerprint density at radius 3 is 2.76 bits per heavy atom. The Bertz CT molecular complexity index is 586. The maximum atomic E-state index is 12.8. The predicted octanol–water partition coefficient (Wildman–Crippen LogP) is 3.20. The van der Waals surface area contributed by atoms with E-state index in [1.807, 2.05) is 35.2 Å². The smallest absolute Gasteiger partial charge is 0.317 e. The summed E-state index contributed by atoms with van der Waals surface area (Å²) in [4.78, 5) is 14.8. The minimum absolute atomic E-state index is 0.0750. The average Bonchev–Trinajstić information content (AvgIpc) is 3.24. The van der Waals surface area contributed by atoms with E-state index >= 15 is 0 Å². The zero-order valence-electron chi connectivity index (χ0n) is 14.8. The lowest BCUT2D eigenvalue weighted by molar-refractivity contribution is 0.0207. The summed E-state index contributed by atoms with van der Waals surface area (Å²) in [6, 6.07) is 10.1. The van der Waals surface area contributed by atoms with Gasteiger partial charge in [-0.2, -0.15) is 0 Å². The third-order valence-corrected chi connectivity index (χ3v) is 6.07. The highest BCUT2D eigenvalue weighted by Gasteiger charge is 2.42. The molecule has 2 amide bonds. The van der Waals surface area contributed by atoms with E-state index in [-0.39, 0.29) is 18.2 Å². The summed E-state index contributed by atoms with van der Waals surface area (Å²) < 4.78 is 11.6. The molecule has 25 heavy (non-hydrogen) atoms. The molecule has 1 spiro atoms. The van der Waals surface area contributed by atoms with Gasteiger partial charge in [-0.05, 0) is 56.1 Å². The number of hydrogen-bond acceptors (Lipinski definition) is 3. The number of likely N-dealkylation sites (tertiary alicyclic amines) is 1. The van der Waals surface area contributed by atoms with Gasteiger partial charge in [0, 0.05) is 26.3 Å². The van der Waals surface area contributed by atoms with Crippen LogP contribution in [0, 0.1) is 5.41 Å². The Morgan fingerprint density at radius 1 is 1.16 bits per heavy atom. The van der Waals surface area contributed by atoms with Crippen LogP contribution in [0.3, 0.4) is 0 Å². The molecule has 136 valence electrons. The highest BCUT2D eigenvalue weighted by Crippen LogP contribution is 2.39. The number of carbonyl (C=O) groups is 1. The Morgan fingerprint density at radius 2 is 1.96 bits per heavy atom. The first-order valence-electron chi connectivity index (χ1n) is 9.59. The van der Waals surface area contributed by atoms with Gasteiger partial charge in [-0.1, -0.05) is 18.2 Å². The highest BCUT2D eigenvalue weighted by atomic mass is 16.5. The van der Waals surface area contributed by atoms with Crippen molar-refractivity contribution in [2.45, 2.75) is 50.7 Å². The zero-order valence-corrected chi connectivity index (χ0v) is 14.8. The van der Waals surface area contributed by atoms with Crippen LogP contribution < -0.4 is 10.1 Å². The van der Waals surface area contributed by atoms with E-state index in [0.29, 0.717) is 5.41 Å². The van der Waals surface area contributed by atoms with E-state index in [9.17, 15) is 4.79 Å². The van der Waals surface area contributed by atoms with Gasteiger partial charge in [-0.25, -0.2) is 4.79 Å². The van der Waals surface area contributed by atoms with Crippen molar-refractivity contribution in [2.24, 2.45) is 5.41 Å². The number of hydrogen-bond donors (Lipinski definition) is 1. The molecule has 1 aromatic carbocycles. The molecule has 1 aromatic rings. The van der Waals surface area contributed by atoms with Crippen LogP contribution in [0.4, 0.5) is 4.79 Å². The fraction of sp³-hybridized carbons (Fsp3) is 0.650. The van der Waals surface area contributed by atoms with Gasteiger partial charge in [0.1, 0.15) is 11.9 Å². The lowest BCUT2D eigenvalue weighted by Crippen LogP contribution is -2.48. The van der Waals surface area contributed by atoms with Gasteiger partial charge in [0.05, 0.1) is 6.04 Å². The number of benzene rings is 1. The van der Waals surface area contributed by atoms with Gasteiger partial charge < -0.3 is 19.7 Å². The normalized spacial score (nSPS) is 28.2. The molecule has 5 nitrogen and oxygen atoms in total. The van der Waals surface area contributed by atoms with Crippen molar-refractivity contribution in [2.75, 3.05) is 26.3 Å². The lowest BCUT2D eigenvalue weighted by Gasteiger charge is -2.33. The average molecular weight is 344 g/mol. The topological polar surface area (TPSA) is 50.8 Å². The number of nitrogens with zero attached hydrogens (tertiary/aromatic N) is 1. The zero-order chi connectivity index (χ0) is 17.1. The molecule has 5 heteroatoms. The van der Waals surface area contributed by atoms with Crippen molar-refractivity contribution in [3.8, 4) is 5.75 Å². The number of ether oxygens (including phenoxy) is 2. The summed E-state index contributed by atoms with van der Waals surface area (Å²) in [7, 11) is 0. The summed E-state index contributed by atoms with van der Waals surface area (Å²) in [5.74, 6) is 0.885. The van der Waals surface area contributed by atoms with Gasteiger partial charge in [-0.3, -0.25) is 0 Å². The molecular weight excluding hydrogens is 316 g/mol. The minimum Gasteiger partial charge on any atom is -0.488 e. The minimum atomic E-state index is 0.0750. The SMILES string of the molecule is O=C(N[C@@H]1CCC[C@H]1Oc1ccccc1)N1CCC2(CCOCC2)C1. The first-order chi connectivity index (χ1) is 12.2. The van der Waals surface area contributed by atoms with Crippen molar-refractivity contribution in [3.05, 3.63) is 30.3 Å². The van der Waals surface area contributed by atoms with Gasteiger partial charge in [-0.15, -0.1) is 0 Å². The van der Waals surface area contributed by atoms with Crippen LogP contribution in [0.2, 0.25) is 0 Å². The van der Waals surface area contributed by atoms with Crippen LogP contribution in [0.5, 0.6) is 5.75 Å². The molecule has 4 rings (SSSR count). The monoisotopic (exact) mass is 344 g/mol. The molecule has 0 bridgehead atoms. The van der Waals surface area contributed by atoms with Crippen LogP contribution in [0.25, 0.3) is 0 Å². The standard InChI is InChI=1S/C20H28N2O3/c23-19(22-12-9-20(15-22)10-13-24-14-11-20)21-17-7-4-8-18(17)25-16-5-2-1-3-6-16/h1-3,5-6,17-18H,4,7-15H2,(H,21,23)/t17-,18-/m1/s1. The molecule has 1 aliphatic carbocycles. The molecular formula is C20H28N2O3. The van der Waals surface area contributed by atoms with Gasteiger partial charge in [0.15, 0.2) is 0 Å². The molecule has 2 atom stereocenters. The summed E-state index contributed by atoms with van der Waals surface area (Å²) in [5, 5.41) is 3.24. The van der Waals surface area contributed by atoms with Crippen molar-refractivity contribution in [3.63, 3.8) is 0 Å². The summed E-state index contributed by atoms with van der Waals surface area (Å²) >= 11 is 0. The van der Waals surface area contributed by atoms with Crippen LogP contribution in [0.15, 0.2) is 30.3 Å². The van der Waals surface area contributed by atoms with Gasteiger partial charge in [0.25, 0.3) is 0 Å². The summed E-state index contributed by atoms with van der Waals surface area (Å²) in [6.07, 6.45) is 6.45. The fourth-order valence-corrected chi connectivity index (χ4v) is 4.48. The molecule has 2 heterocycles. The Balaban J connectivity index is 1.32. The van der Waals surface area contributed by atoms with E-state index in [0.717, 1.165) is 70.6 Å². The number of rotatable bonds is 3. The van der Waals surface area contributed by atoms with Crippen molar-refractivity contribution >= 4 is 6.03 Å². The van der Waals surface area contributed by atoms with Gasteiger partial charge >= 0.3 is 6.03 Å². The van der Waals surface area contributed by atoms with E-state index in [2.05, 4.69) is 5.32 Å². The number of carbonyl (C=O) groups excluding carboxylic acids is 1. The number of amides is 2. The van der Waals surface area contributed by atoms with Crippen molar-refractivity contribution in [1.29, 1.82) is 0 Å². The fourth-order valence-electron chi connectivity index (χ4n) is 4.48. The number of para-hydroxylation sites is 1. The van der Waals surface area contributed by atoms with Gasteiger partial charge in [0.2, 0.25) is 0 Å². The maximum absolute atomic E-state index is 12.8. The Kier molecular flexibility index (Phi) is 4.84. The van der Waals surface area contributed by atoms with Crippen molar-refractivity contribution in [1.82, 2.24) is 10.2 Å². The maximum Gasteiger partial charge on any atom is 0.317 e. The number of nitrogens with one attached hydrogen (secondary N) is 1. The first-order valence-corrected chi connectivity index (χ1v) is 9.59. The van der Waals surface area contributed by atoms with Crippen LogP contribution in [-0.4, -0.2) is 49.4 Å². The molecule has 0 aromatic heterocycles. The van der Waals surface area contributed by atoms with Crippen LogP contribution in [0.1, 0.15) is 38.5 Å². The molecule has 3 aliphatic rings. The number of urea groups is 1. The van der Waals surface area contributed by atoms with E-state index in [4.69, 9.17) is 9.47 Å². The Hall–Kier alpha value is -1.75. The Labute approximate surface area is 149 Å². The second-order valence-corrected chi connectivity index (χ2v) is 7.74. The lowest BCUT2D eigenvalue weighted by atomic mass is 9.80. The first kappa shape index (κ1) is 16.7. The summed E-state index contributed by atoms with van der Waals surface area (Å²) in [6.45, 7) is 3.41. The second kappa shape index (κ2) is 7.24. The van der Waals surface area contributed by atoms with E-state index < -0.39 is 0 Å². The summed E-state index contributed by atoms with van der Waals surface area (Å²) in [5.41, 5.74) is 0.297. The largest absolute Gasteiger partial charge is 0.488 e. The van der Waals surface area contributed by atoms with Crippen LogP contribution >= 0.6 is 0 Å². The highest BCUT2D eigenvalue weighted by molar-refractivity contribution is 5.75. The molecule has 0 radical (unpaired) electrons. The molecule has 1 saturated carbocycles. The third kappa shape index (κ3) is 3.76. The second-order valence-electron chi connectivity index (χ2n) is 7.74. The van der Waals surface area contributed by atoms with E-state index in [1.165, 1.54) is 0 Å². The quantitative estimate of drug-likeness (QED) is 0.916. The molecule has 1 N–H and O–H groups in total. The predicted molar refractivity (Wildman–Crippen MR) is 95.7 cm³/mol. The molecule has 0 unspecified atom stereocenters.